The Balaban J connectivity index is 1.50. The molecule has 27 heavy (non-hydrogen) atoms. The van der Waals surface area contributed by atoms with Gasteiger partial charge < -0.3 is 10.6 Å². The average Bonchev–Trinajstić information content (AvgIpc) is 3.00. The third kappa shape index (κ3) is 3.96. The molecule has 8 heteroatoms. The highest BCUT2D eigenvalue weighted by molar-refractivity contribution is 8.16. The molecule has 142 valence electrons. The molecule has 1 amide bonds. The van der Waals surface area contributed by atoms with Gasteiger partial charge in [0.1, 0.15) is 0 Å². The van der Waals surface area contributed by atoms with Crippen LogP contribution < -0.4 is 10.6 Å². The molecule has 1 fully saturated rings. The van der Waals surface area contributed by atoms with Gasteiger partial charge in [-0.2, -0.15) is 0 Å². The number of carbonyl (C=O) groups is 1. The van der Waals surface area contributed by atoms with Crippen molar-refractivity contribution in [1.82, 2.24) is 5.32 Å². The van der Waals surface area contributed by atoms with E-state index in [9.17, 15) is 13.2 Å². The van der Waals surface area contributed by atoms with Gasteiger partial charge in [-0.3, -0.25) is 4.79 Å². The van der Waals surface area contributed by atoms with E-state index in [1.807, 2.05) is 36.4 Å². The van der Waals surface area contributed by atoms with Gasteiger partial charge in [0.2, 0.25) is 0 Å². The normalized spacial score (nSPS) is 31.6. The number of anilines is 1. The van der Waals surface area contributed by atoms with Gasteiger partial charge in [0, 0.05) is 5.69 Å². The highest BCUT2D eigenvalue weighted by atomic mass is 32.2. The first kappa shape index (κ1) is 18.3. The Morgan fingerprint density at radius 1 is 1.15 bits per heavy atom. The summed E-state index contributed by atoms with van der Waals surface area (Å²) in [6, 6.07) is 9.32. The lowest BCUT2D eigenvalue weighted by Gasteiger charge is -2.34. The van der Waals surface area contributed by atoms with Crippen molar-refractivity contribution in [1.29, 1.82) is 0 Å². The first-order valence-electron chi connectivity index (χ1n) is 8.99. The lowest BCUT2D eigenvalue weighted by molar-refractivity contribution is -0.118. The van der Waals surface area contributed by atoms with Crippen LogP contribution in [0.4, 0.5) is 5.69 Å². The Bertz CT molecular complexity index is 909. The van der Waals surface area contributed by atoms with Crippen LogP contribution in [0, 0.1) is 11.8 Å². The van der Waals surface area contributed by atoms with Crippen molar-refractivity contribution in [2.75, 3.05) is 5.32 Å². The van der Waals surface area contributed by atoms with Crippen molar-refractivity contribution in [2.24, 2.45) is 16.2 Å². The summed E-state index contributed by atoms with van der Waals surface area (Å²) in [6.07, 6.45) is 10.4. The van der Waals surface area contributed by atoms with Gasteiger partial charge in [0.25, 0.3) is 15.9 Å². The summed E-state index contributed by atoms with van der Waals surface area (Å²) in [7, 11) is -3.72. The molecule has 4 rings (SSSR count). The molecule has 6 nitrogen and oxygen atoms in total. The number of para-hydroxylation sites is 1. The standard InChI is InChI=1S/C19H21N3O3S2/c23-17-18(20-14-9-2-1-3-10-14)26-19(21-17)22-27(24,25)16-12-6-8-13-7-4-5-11-15(13)16/h1-4,6-10,13,15-16,18,20H,5,11-12H2,(H,21,22,23). The number of nitrogens with one attached hydrogen (secondary N) is 2. The number of allylic oxidation sites excluding steroid dienone is 4. The van der Waals surface area contributed by atoms with Crippen molar-refractivity contribution in [3.05, 3.63) is 54.6 Å². The molecule has 3 aliphatic rings. The highest BCUT2D eigenvalue weighted by Gasteiger charge is 2.40. The molecule has 0 bridgehead atoms. The monoisotopic (exact) mass is 403 g/mol. The molecule has 1 heterocycles. The van der Waals surface area contributed by atoms with E-state index in [4.69, 9.17) is 0 Å². The maximum atomic E-state index is 12.9. The molecular weight excluding hydrogens is 382 g/mol. The van der Waals surface area contributed by atoms with Crippen molar-refractivity contribution < 1.29 is 13.2 Å². The molecule has 1 aromatic rings. The van der Waals surface area contributed by atoms with Crippen LogP contribution in [0.3, 0.4) is 0 Å². The van der Waals surface area contributed by atoms with Crippen molar-refractivity contribution in [2.45, 2.75) is 29.9 Å². The maximum Gasteiger partial charge on any atom is 0.259 e. The van der Waals surface area contributed by atoms with Gasteiger partial charge in [0.15, 0.2) is 10.5 Å². The van der Waals surface area contributed by atoms with E-state index in [2.05, 4.69) is 33.3 Å². The summed E-state index contributed by atoms with van der Waals surface area (Å²) in [6.45, 7) is 0. The van der Waals surface area contributed by atoms with Crippen LogP contribution in [0.15, 0.2) is 59.0 Å². The summed E-state index contributed by atoms with van der Waals surface area (Å²) < 4.78 is 29.9. The third-order valence-corrected chi connectivity index (χ3v) is 7.93. The Labute approximate surface area is 163 Å². The molecule has 1 saturated heterocycles. The summed E-state index contributed by atoms with van der Waals surface area (Å²) >= 11 is 1.10. The zero-order valence-corrected chi connectivity index (χ0v) is 16.2. The predicted molar refractivity (Wildman–Crippen MR) is 109 cm³/mol. The summed E-state index contributed by atoms with van der Waals surface area (Å²) in [5.41, 5.74) is 0.795. The smallest absolute Gasteiger partial charge is 0.259 e. The minimum absolute atomic E-state index is 0.0506. The van der Waals surface area contributed by atoms with E-state index in [-0.39, 0.29) is 22.9 Å². The van der Waals surface area contributed by atoms with Crippen molar-refractivity contribution in [3.8, 4) is 0 Å². The number of carbonyl (C=O) groups excluding carboxylic acids is 1. The second-order valence-electron chi connectivity index (χ2n) is 6.86. The quantitative estimate of drug-likeness (QED) is 0.755. The Morgan fingerprint density at radius 2 is 1.93 bits per heavy atom. The topological polar surface area (TPSA) is 87.6 Å². The fourth-order valence-electron chi connectivity index (χ4n) is 3.78. The number of fused-ring (bicyclic) bond motifs is 1. The number of hydrogen-bond donors (Lipinski definition) is 2. The number of hydrogen-bond acceptors (Lipinski definition) is 5. The zero-order valence-electron chi connectivity index (χ0n) is 14.6. The molecule has 2 aliphatic carbocycles. The molecule has 1 aromatic carbocycles. The number of amidine groups is 1. The van der Waals surface area contributed by atoms with Crippen LogP contribution in [0.25, 0.3) is 0 Å². The maximum absolute atomic E-state index is 12.9. The number of sulfonamides is 1. The minimum Gasteiger partial charge on any atom is -0.365 e. The van der Waals surface area contributed by atoms with Gasteiger partial charge in [-0.05, 0) is 43.2 Å². The lowest BCUT2D eigenvalue weighted by atomic mass is 9.77. The average molecular weight is 404 g/mol. The lowest BCUT2D eigenvalue weighted by Crippen LogP contribution is -2.36. The Morgan fingerprint density at radius 3 is 2.74 bits per heavy atom. The van der Waals surface area contributed by atoms with Crippen LogP contribution >= 0.6 is 11.8 Å². The van der Waals surface area contributed by atoms with Gasteiger partial charge in [-0.1, -0.05) is 54.3 Å². The molecule has 0 radical (unpaired) electrons. The van der Waals surface area contributed by atoms with E-state index in [0.717, 1.165) is 30.3 Å². The Hall–Kier alpha value is -2.06. The van der Waals surface area contributed by atoms with Crippen molar-refractivity contribution >= 4 is 38.5 Å². The number of rotatable bonds is 4. The van der Waals surface area contributed by atoms with Crippen LogP contribution in [0.1, 0.15) is 19.3 Å². The van der Waals surface area contributed by atoms with Gasteiger partial charge in [0.05, 0.1) is 5.25 Å². The Kier molecular flexibility index (Phi) is 5.10. The minimum atomic E-state index is -3.72. The third-order valence-electron chi connectivity index (χ3n) is 5.09. The van der Waals surface area contributed by atoms with Crippen LogP contribution in [-0.4, -0.2) is 30.1 Å². The van der Waals surface area contributed by atoms with Crippen LogP contribution in [0.2, 0.25) is 0 Å². The molecule has 4 atom stereocenters. The molecule has 0 aromatic heterocycles. The van der Waals surface area contributed by atoms with Crippen molar-refractivity contribution in [3.63, 3.8) is 0 Å². The van der Waals surface area contributed by atoms with E-state index in [1.165, 1.54) is 0 Å². The molecule has 2 N–H and O–H groups in total. The van der Waals surface area contributed by atoms with E-state index in [1.54, 1.807) is 0 Å². The van der Waals surface area contributed by atoms with Crippen LogP contribution in [-0.2, 0) is 14.8 Å². The highest BCUT2D eigenvalue weighted by Crippen LogP contribution is 2.38. The fraction of sp³-hybridized carbons (Fsp3) is 0.368. The van der Waals surface area contributed by atoms with Gasteiger partial charge in [-0.25, -0.2) is 8.42 Å². The van der Waals surface area contributed by atoms with E-state index < -0.39 is 20.6 Å². The molecule has 4 unspecified atom stereocenters. The fourth-order valence-corrected chi connectivity index (χ4v) is 6.53. The molecule has 0 spiro atoms. The SMILES string of the molecule is O=C1NC(=NS(=O)(=O)C2CC=CC3C=CCCC32)SC1Nc1ccccc1. The second-order valence-corrected chi connectivity index (χ2v) is 9.77. The molecule has 1 aliphatic heterocycles. The largest absolute Gasteiger partial charge is 0.365 e. The van der Waals surface area contributed by atoms with Crippen LogP contribution in [0.5, 0.6) is 0 Å². The second kappa shape index (κ2) is 7.52. The number of nitrogens with zero attached hydrogens (tertiary/aromatic N) is 1. The first-order chi connectivity index (χ1) is 13.0. The first-order valence-corrected chi connectivity index (χ1v) is 11.4. The van der Waals surface area contributed by atoms with Gasteiger partial charge >= 0.3 is 0 Å². The summed E-state index contributed by atoms with van der Waals surface area (Å²) in [4.78, 5) is 12.2. The number of benzene rings is 1. The van der Waals surface area contributed by atoms with E-state index in [0.29, 0.717) is 6.42 Å². The number of amides is 1. The van der Waals surface area contributed by atoms with E-state index >= 15 is 0 Å². The molecular formula is C19H21N3O3S2. The number of thioether (sulfide) groups is 1. The summed E-state index contributed by atoms with van der Waals surface area (Å²) in [5, 5.41) is 4.68. The predicted octanol–water partition coefficient (Wildman–Crippen LogP) is 2.88. The zero-order chi connectivity index (χ0) is 18.9. The summed E-state index contributed by atoms with van der Waals surface area (Å²) in [5.74, 6) is -0.0830. The molecule has 0 saturated carbocycles. The van der Waals surface area contributed by atoms with Gasteiger partial charge in [-0.15, -0.1) is 4.40 Å².